The van der Waals surface area contributed by atoms with E-state index < -0.39 is 16.0 Å². The van der Waals surface area contributed by atoms with Crippen molar-refractivity contribution in [2.24, 2.45) is 0 Å². The minimum atomic E-state index is -3.67. The summed E-state index contributed by atoms with van der Waals surface area (Å²) in [6.07, 6.45) is 1.14. The summed E-state index contributed by atoms with van der Waals surface area (Å²) in [6, 6.07) is 5.66. The number of aromatic amines is 1. The van der Waals surface area contributed by atoms with Crippen LogP contribution in [0.5, 0.6) is 0 Å². The minimum absolute atomic E-state index is 0.000783. The monoisotopic (exact) mass is 296 g/mol. The maximum Gasteiger partial charge on any atom is 0.307 e. The number of rotatable bonds is 6. The molecule has 0 unspecified atom stereocenters. The van der Waals surface area contributed by atoms with Crippen LogP contribution >= 0.6 is 0 Å². The quantitative estimate of drug-likeness (QED) is 0.684. The Kier molecular flexibility index (Phi) is 4.11. The van der Waals surface area contributed by atoms with Gasteiger partial charge in [0.15, 0.2) is 0 Å². The minimum Gasteiger partial charge on any atom is -0.481 e. The molecule has 1 heterocycles. The van der Waals surface area contributed by atoms with E-state index >= 15 is 0 Å². The molecular formula is C11H12N4O4S. The van der Waals surface area contributed by atoms with Gasteiger partial charge < -0.3 is 5.11 Å². The number of carboxylic acid groups (broad SMARTS) is 1. The lowest BCUT2D eigenvalue weighted by Gasteiger charge is -2.06. The molecule has 1 aromatic carbocycles. The predicted molar refractivity (Wildman–Crippen MR) is 68.2 cm³/mol. The third-order valence-electron chi connectivity index (χ3n) is 2.48. The Balaban J connectivity index is 2.07. The molecule has 20 heavy (non-hydrogen) atoms. The third-order valence-corrected chi connectivity index (χ3v) is 3.90. The zero-order chi connectivity index (χ0) is 14.6. The largest absolute Gasteiger partial charge is 0.481 e. The van der Waals surface area contributed by atoms with Crippen LogP contribution in [-0.4, -0.2) is 34.7 Å². The van der Waals surface area contributed by atoms with Crippen LogP contribution < -0.4 is 4.72 Å². The van der Waals surface area contributed by atoms with Crippen LogP contribution in [-0.2, 0) is 27.8 Å². The van der Waals surface area contributed by atoms with Crippen molar-refractivity contribution in [2.45, 2.75) is 17.9 Å². The highest BCUT2D eigenvalue weighted by molar-refractivity contribution is 7.89. The number of sulfonamides is 1. The molecule has 0 atom stereocenters. The Morgan fingerprint density at radius 1 is 1.30 bits per heavy atom. The molecule has 9 heteroatoms. The molecule has 0 aliphatic rings. The van der Waals surface area contributed by atoms with E-state index in [-0.39, 0.29) is 17.9 Å². The van der Waals surface area contributed by atoms with Crippen molar-refractivity contribution >= 4 is 16.0 Å². The normalized spacial score (nSPS) is 11.4. The number of hydrogen-bond donors (Lipinski definition) is 3. The van der Waals surface area contributed by atoms with Gasteiger partial charge in [0.1, 0.15) is 12.2 Å². The maximum absolute atomic E-state index is 12.0. The second-order valence-electron chi connectivity index (χ2n) is 3.97. The summed E-state index contributed by atoms with van der Waals surface area (Å²) in [6.45, 7) is -0.000783. The Morgan fingerprint density at radius 3 is 2.55 bits per heavy atom. The lowest BCUT2D eigenvalue weighted by Crippen LogP contribution is -2.23. The first kappa shape index (κ1) is 14.2. The van der Waals surface area contributed by atoms with Gasteiger partial charge in [-0.25, -0.2) is 18.1 Å². The highest BCUT2D eigenvalue weighted by Crippen LogP contribution is 2.11. The number of H-pyrrole nitrogens is 1. The Bertz CT molecular complexity index is 680. The second-order valence-corrected chi connectivity index (χ2v) is 5.74. The van der Waals surface area contributed by atoms with Crippen molar-refractivity contribution in [1.82, 2.24) is 19.9 Å². The summed E-state index contributed by atoms with van der Waals surface area (Å²) in [5.41, 5.74) is 0.534. The van der Waals surface area contributed by atoms with Gasteiger partial charge in [-0.1, -0.05) is 12.1 Å². The van der Waals surface area contributed by atoms with Crippen LogP contribution in [0.25, 0.3) is 0 Å². The zero-order valence-corrected chi connectivity index (χ0v) is 11.1. The molecule has 1 aromatic heterocycles. The van der Waals surface area contributed by atoms with E-state index in [9.17, 15) is 13.2 Å². The predicted octanol–water partition coefficient (Wildman–Crippen LogP) is -0.0897. The van der Waals surface area contributed by atoms with E-state index in [4.69, 9.17) is 5.11 Å². The molecule has 0 bridgehead atoms. The van der Waals surface area contributed by atoms with Crippen LogP contribution in [0.4, 0.5) is 0 Å². The molecule has 8 nitrogen and oxygen atoms in total. The van der Waals surface area contributed by atoms with E-state index in [1.165, 1.54) is 30.6 Å². The first-order valence-electron chi connectivity index (χ1n) is 5.62. The zero-order valence-electron chi connectivity index (χ0n) is 10.3. The molecule has 2 rings (SSSR count). The average Bonchev–Trinajstić information content (AvgIpc) is 2.89. The van der Waals surface area contributed by atoms with Crippen molar-refractivity contribution in [3.05, 3.63) is 42.0 Å². The smallest absolute Gasteiger partial charge is 0.307 e. The summed E-state index contributed by atoms with van der Waals surface area (Å²) >= 11 is 0. The highest BCUT2D eigenvalue weighted by Gasteiger charge is 2.14. The summed E-state index contributed by atoms with van der Waals surface area (Å²) < 4.78 is 26.3. The van der Waals surface area contributed by atoms with E-state index in [2.05, 4.69) is 19.9 Å². The Morgan fingerprint density at radius 2 is 2.00 bits per heavy atom. The molecule has 106 valence electrons. The van der Waals surface area contributed by atoms with Gasteiger partial charge in [-0.15, -0.1) is 0 Å². The van der Waals surface area contributed by atoms with Gasteiger partial charge in [0.25, 0.3) is 0 Å². The lowest BCUT2D eigenvalue weighted by molar-refractivity contribution is -0.136. The van der Waals surface area contributed by atoms with Crippen molar-refractivity contribution in [3.8, 4) is 0 Å². The highest BCUT2D eigenvalue weighted by atomic mass is 32.2. The van der Waals surface area contributed by atoms with Crippen molar-refractivity contribution in [3.63, 3.8) is 0 Å². The second kappa shape index (κ2) is 5.80. The van der Waals surface area contributed by atoms with Crippen LogP contribution in [0.15, 0.2) is 35.5 Å². The fourth-order valence-corrected chi connectivity index (χ4v) is 2.51. The molecule has 0 fully saturated rings. The summed E-state index contributed by atoms with van der Waals surface area (Å²) in [7, 11) is -3.67. The Labute approximate surface area is 114 Å². The molecule has 0 spiro atoms. The van der Waals surface area contributed by atoms with E-state index in [0.717, 1.165) is 0 Å². The molecule has 0 saturated heterocycles. The fraction of sp³-hybridized carbons (Fsp3) is 0.182. The molecule has 0 radical (unpaired) electrons. The number of benzene rings is 1. The van der Waals surface area contributed by atoms with Crippen LogP contribution in [0.2, 0.25) is 0 Å². The molecular weight excluding hydrogens is 284 g/mol. The number of carboxylic acids is 1. The van der Waals surface area contributed by atoms with Gasteiger partial charge in [0.05, 0.1) is 17.9 Å². The van der Waals surface area contributed by atoms with E-state index in [1.807, 2.05) is 0 Å². The topological polar surface area (TPSA) is 125 Å². The third kappa shape index (κ3) is 3.62. The van der Waals surface area contributed by atoms with E-state index in [0.29, 0.717) is 11.4 Å². The summed E-state index contributed by atoms with van der Waals surface area (Å²) in [4.78, 5) is 14.4. The number of nitrogens with zero attached hydrogens (tertiary/aromatic N) is 2. The molecule has 0 saturated carbocycles. The van der Waals surface area contributed by atoms with E-state index in [1.54, 1.807) is 0 Å². The van der Waals surface area contributed by atoms with Crippen LogP contribution in [0, 0.1) is 0 Å². The molecule has 3 N–H and O–H groups in total. The van der Waals surface area contributed by atoms with Crippen LogP contribution in [0.1, 0.15) is 11.4 Å². The number of carbonyl (C=O) groups is 1. The van der Waals surface area contributed by atoms with Crippen molar-refractivity contribution in [1.29, 1.82) is 0 Å². The van der Waals surface area contributed by atoms with Gasteiger partial charge in [0, 0.05) is 0 Å². The van der Waals surface area contributed by atoms with Gasteiger partial charge in [-0.3, -0.25) is 9.89 Å². The molecule has 0 aliphatic heterocycles. The number of hydrogen-bond acceptors (Lipinski definition) is 5. The fourth-order valence-electron chi connectivity index (χ4n) is 1.52. The van der Waals surface area contributed by atoms with Gasteiger partial charge in [-0.2, -0.15) is 5.10 Å². The summed E-state index contributed by atoms with van der Waals surface area (Å²) in [5.74, 6) is -0.569. The average molecular weight is 296 g/mol. The van der Waals surface area contributed by atoms with Crippen LogP contribution in [0.3, 0.4) is 0 Å². The van der Waals surface area contributed by atoms with Gasteiger partial charge >= 0.3 is 5.97 Å². The van der Waals surface area contributed by atoms with Crippen molar-refractivity contribution in [2.75, 3.05) is 0 Å². The standard InChI is InChI=1S/C11H12N4O4S/c16-11(17)5-8-1-3-9(4-2-8)20(18,19)14-6-10-12-7-13-15-10/h1-4,7,14H,5-6H2,(H,16,17)(H,12,13,15). The first-order valence-corrected chi connectivity index (χ1v) is 7.10. The molecule has 0 aliphatic carbocycles. The van der Waals surface area contributed by atoms with Gasteiger partial charge in [-0.05, 0) is 17.7 Å². The van der Waals surface area contributed by atoms with Gasteiger partial charge in [0.2, 0.25) is 10.0 Å². The number of nitrogens with one attached hydrogen (secondary N) is 2. The van der Waals surface area contributed by atoms with Crippen molar-refractivity contribution < 1.29 is 18.3 Å². The first-order chi connectivity index (χ1) is 9.47. The number of aliphatic carboxylic acids is 1. The maximum atomic E-state index is 12.0. The molecule has 2 aromatic rings. The Hall–Kier alpha value is -2.26. The SMILES string of the molecule is O=C(O)Cc1ccc(S(=O)(=O)NCc2ncn[nH]2)cc1. The molecule has 0 amide bonds. The lowest BCUT2D eigenvalue weighted by atomic mass is 10.2. The summed E-state index contributed by atoms with van der Waals surface area (Å²) in [5, 5.41) is 14.8. The number of aromatic nitrogens is 3.